The van der Waals surface area contributed by atoms with E-state index in [0.29, 0.717) is 27.6 Å². The van der Waals surface area contributed by atoms with Gasteiger partial charge in [0.2, 0.25) is 0 Å². The molecule has 1 amide bonds. The van der Waals surface area contributed by atoms with E-state index in [-0.39, 0.29) is 17.1 Å². The second kappa shape index (κ2) is 8.62. The molecule has 0 spiro atoms. The maximum absolute atomic E-state index is 13.8. The Kier molecular flexibility index (Phi) is 6.00. The SMILES string of the molecule is COc1cc(F)ccc1C1SC(c2ccc(F)cc2)=NN1C(=O)c1cc(C(C)(C)C)nn1C. The second-order valence-corrected chi connectivity index (χ2v) is 9.78. The third-order valence-electron chi connectivity index (χ3n) is 5.27. The molecule has 1 unspecified atom stereocenters. The van der Waals surface area contributed by atoms with Crippen molar-refractivity contribution in [2.45, 2.75) is 31.6 Å². The van der Waals surface area contributed by atoms with Gasteiger partial charge in [0, 0.05) is 29.7 Å². The van der Waals surface area contributed by atoms with Gasteiger partial charge in [-0.25, -0.2) is 13.8 Å². The number of rotatable bonds is 4. The number of carbonyl (C=O) groups excluding carboxylic acids is 1. The van der Waals surface area contributed by atoms with E-state index in [1.807, 2.05) is 20.8 Å². The molecule has 3 aromatic rings. The number of nitrogens with zero attached hydrogens (tertiary/aromatic N) is 4. The summed E-state index contributed by atoms with van der Waals surface area (Å²) in [6, 6.07) is 11.8. The van der Waals surface area contributed by atoms with Crippen LogP contribution in [0.25, 0.3) is 0 Å². The lowest BCUT2D eigenvalue weighted by atomic mass is 9.92. The van der Waals surface area contributed by atoms with Crippen LogP contribution < -0.4 is 4.74 Å². The fourth-order valence-corrected chi connectivity index (χ4v) is 4.62. The van der Waals surface area contributed by atoms with Gasteiger partial charge in [0.05, 0.1) is 12.8 Å². The van der Waals surface area contributed by atoms with E-state index in [0.717, 1.165) is 5.69 Å². The van der Waals surface area contributed by atoms with Crippen LogP contribution in [-0.4, -0.2) is 32.9 Å². The molecule has 2 heterocycles. The lowest BCUT2D eigenvalue weighted by Gasteiger charge is -2.22. The van der Waals surface area contributed by atoms with Crippen LogP contribution in [0.2, 0.25) is 0 Å². The van der Waals surface area contributed by atoms with E-state index in [2.05, 4.69) is 10.2 Å². The predicted molar refractivity (Wildman–Crippen MR) is 124 cm³/mol. The van der Waals surface area contributed by atoms with Gasteiger partial charge in [-0.15, -0.1) is 0 Å². The third-order valence-corrected chi connectivity index (χ3v) is 6.49. The Bertz CT molecular complexity index is 1230. The highest BCUT2D eigenvalue weighted by atomic mass is 32.2. The summed E-state index contributed by atoms with van der Waals surface area (Å²) in [6.45, 7) is 6.06. The van der Waals surface area contributed by atoms with Gasteiger partial charge in [-0.1, -0.05) is 32.5 Å². The molecule has 0 bridgehead atoms. The molecule has 0 saturated carbocycles. The summed E-state index contributed by atoms with van der Waals surface area (Å²) in [7, 11) is 3.16. The summed E-state index contributed by atoms with van der Waals surface area (Å²) in [5.41, 5.74) is 2.17. The number of thioether (sulfide) groups is 1. The maximum Gasteiger partial charge on any atom is 0.293 e. The predicted octanol–water partition coefficient (Wildman–Crippen LogP) is 5.25. The minimum Gasteiger partial charge on any atom is -0.496 e. The van der Waals surface area contributed by atoms with Crippen LogP contribution in [0.4, 0.5) is 8.78 Å². The van der Waals surface area contributed by atoms with E-state index in [9.17, 15) is 13.6 Å². The summed E-state index contributed by atoms with van der Waals surface area (Å²) >= 11 is 1.31. The summed E-state index contributed by atoms with van der Waals surface area (Å²) < 4.78 is 34.2. The van der Waals surface area contributed by atoms with E-state index >= 15 is 0 Å². The maximum atomic E-state index is 13.8. The van der Waals surface area contributed by atoms with Gasteiger partial charge in [0.1, 0.15) is 33.5 Å². The highest BCUT2D eigenvalue weighted by Gasteiger charge is 2.38. The Balaban J connectivity index is 1.79. The average molecular weight is 471 g/mol. The Morgan fingerprint density at radius 1 is 1.06 bits per heavy atom. The van der Waals surface area contributed by atoms with Crippen LogP contribution in [0, 0.1) is 11.6 Å². The van der Waals surface area contributed by atoms with Crippen LogP contribution in [-0.2, 0) is 12.5 Å². The molecule has 0 saturated heterocycles. The molecule has 0 radical (unpaired) electrons. The van der Waals surface area contributed by atoms with Gasteiger partial charge < -0.3 is 4.74 Å². The van der Waals surface area contributed by atoms with Gasteiger partial charge >= 0.3 is 0 Å². The molecule has 0 fully saturated rings. The normalized spacial score (nSPS) is 16.2. The number of halogens is 2. The zero-order valence-electron chi connectivity index (χ0n) is 19.0. The van der Waals surface area contributed by atoms with Crippen molar-refractivity contribution in [3.63, 3.8) is 0 Å². The molecule has 0 N–H and O–H groups in total. The van der Waals surface area contributed by atoms with Crippen LogP contribution >= 0.6 is 11.8 Å². The number of benzene rings is 2. The summed E-state index contributed by atoms with van der Waals surface area (Å²) in [4.78, 5) is 13.7. The fraction of sp³-hybridized carbons (Fsp3) is 0.292. The molecule has 0 aliphatic carbocycles. The highest BCUT2D eigenvalue weighted by molar-refractivity contribution is 8.14. The molecule has 4 rings (SSSR count). The molecule has 1 aliphatic heterocycles. The number of hydrazone groups is 1. The monoisotopic (exact) mass is 470 g/mol. The molecule has 2 aromatic carbocycles. The topological polar surface area (TPSA) is 59.7 Å². The molecule has 1 aliphatic rings. The first-order valence-corrected chi connectivity index (χ1v) is 11.2. The van der Waals surface area contributed by atoms with Gasteiger partial charge in [0.25, 0.3) is 5.91 Å². The molecule has 172 valence electrons. The summed E-state index contributed by atoms with van der Waals surface area (Å²) in [5.74, 6) is -0.864. The lowest BCUT2D eigenvalue weighted by molar-refractivity contribution is 0.0737. The van der Waals surface area contributed by atoms with Crippen molar-refractivity contribution < 1.29 is 18.3 Å². The second-order valence-electron chi connectivity index (χ2n) is 8.71. The first kappa shape index (κ1) is 23.0. The van der Waals surface area contributed by atoms with Gasteiger partial charge in [-0.2, -0.15) is 10.2 Å². The molecule has 6 nitrogen and oxygen atoms in total. The number of aryl methyl sites for hydroxylation is 1. The number of hydrogen-bond acceptors (Lipinski definition) is 5. The number of methoxy groups -OCH3 is 1. The highest BCUT2D eigenvalue weighted by Crippen LogP contribution is 2.45. The van der Waals surface area contributed by atoms with E-state index in [1.54, 1.807) is 31.3 Å². The van der Waals surface area contributed by atoms with Gasteiger partial charge in [-0.3, -0.25) is 9.48 Å². The van der Waals surface area contributed by atoms with Crippen LogP contribution in [0.15, 0.2) is 53.6 Å². The van der Waals surface area contributed by atoms with Crippen LogP contribution in [0.5, 0.6) is 5.75 Å². The number of hydrogen-bond donors (Lipinski definition) is 0. The van der Waals surface area contributed by atoms with Crippen molar-refractivity contribution in [1.82, 2.24) is 14.8 Å². The van der Waals surface area contributed by atoms with Crippen LogP contribution in [0.3, 0.4) is 0 Å². The summed E-state index contributed by atoms with van der Waals surface area (Å²) in [6.07, 6.45) is 0. The number of amides is 1. The minimum absolute atomic E-state index is 0.238. The molecule has 9 heteroatoms. The molecular formula is C24H24F2N4O2S. The standard InChI is InChI=1S/C24H24F2N4O2S/c1-24(2,3)20-13-18(29(4)27-20)22(31)30-23(17-11-10-16(26)12-19(17)32-5)33-21(28-30)14-6-8-15(25)9-7-14/h6-13,23H,1-5H3. The Labute approximate surface area is 195 Å². The van der Waals surface area contributed by atoms with Crippen molar-refractivity contribution in [3.8, 4) is 5.75 Å². The van der Waals surface area contributed by atoms with E-state index in [4.69, 9.17) is 4.74 Å². The van der Waals surface area contributed by atoms with E-state index in [1.165, 1.54) is 52.8 Å². The number of ether oxygens (including phenoxy) is 1. The summed E-state index contributed by atoms with van der Waals surface area (Å²) in [5, 5.41) is 10.4. The van der Waals surface area contributed by atoms with Crippen molar-refractivity contribution in [1.29, 1.82) is 0 Å². The molecule has 1 aromatic heterocycles. The van der Waals surface area contributed by atoms with E-state index < -0.39 is 11.2 Å². The lowest BCUT2D eigenvalue weighted by Crippen LogP contribution is -2.28. The Hall–Kier alpha value is -3.20. The van der Waals surface area contributed by atoms with Crippen molar-refractivity contribution in [3.05, 3.63) is 82.7 Å². The smallest absolute Gasteiger partial charge is 0.293 e. The number of carbonyl (C=O) groups is 1. The quantitative estimate of drug-likeness (QED) is 0.522. The first-order valence-electron chi connectivity index (χ1n) is 10.3. The first-order chi connectivity index (χ1) is 15.6. The average Bonchev–Trinajstić information content (AvgIpc) is 3.38. The zero-order valence-corrected chi connectivity index (χ0v) is 19.8. The molecular weight excluding hydrogens is 446 g/mol. The number of aromatic nitrogens is 2. The third kappa shape index (κ3) is 4.50. The van der Waals surface area contributed by atoms with Gasteiger partial charge in [-0.05, 0) is 42.5 Å². The van der Waals surface area contributed by atoms with Crippen molar-refractivity contribution in [2.24, 2.45) is 12.1 Å². The molecule has 33 heavy (non-hydrogen) atoms. The van der Waals surface area contributed by atoms with Gasteiger partial charge in [0.15, 0.2) is 0 Å². The zero-order chi connectivity index (χ0) is 23.9. The fourth-order valence-electron chi connectivity index (χ4n) is 3.44. The Morgan fingerprint density at radius 2 is 1.73 bits per heavy atom. The largest absolute Gasteiger partial charge is 0.496 e. The minimum atomic E-state index is -0.610. The van der Waals surface area contributed by atoms with Crippen molar-refractivity contribution in [2.75, 3.05) is 7.11 Å². The Morgan fingerprint density at radius 3 is 2.33 bits per heavy atom. The molecule has 1 atom stereocenters. The van der Waals surface area contributed by atoms with Crippen molar-refractivity contribution >= 4 is 22.7 Å². The van der Waals surface area contributed by atoms with Crippen LogP contribution in [0.1, 0.15) is 53.5 Å².